The first-order valence-electron chi connectivity index (χ1n) is 13.0. The molecule has 186 valence electrons. The summed E-state index contributed by atoms with van der Waals surface area (Å²) in [6.07, 6.45) is 7.34. The summed E-state index contributed by atoms with van der Waals surface area (Å²) in [4.78, 5) is 17.1. The minimum atomic E-state index is -0.794. The number of carbonyl (C=O) groups is 1. The molecule has 5 heteroatoms. The molecule has 34 heavy (non-hydrogen) atoms. The second-order valence-electron chi connectivity index (χ2n) is 9.65. The predicted octanol–water partition coefficient (Wildman–Crippen LogP) is 6.18. The number of unbranched alkanes of at least 4 members (excludes halogenated alkanes) is 2. The first kappa shape index (κ1) is 26.4. The number of anilines is 1. The number of aliphatic hydroxyl groups is 1. The topological polar surface area (TPSA) is 43.8 Å². The van der Waals surface area contributed by atoms with E-state index in [1.165, 1.54) is 43.5 Å². The Labute approximate surface area is 204 Å². The second kappa shape index (κ2) is 13.0. The highest BCUT2D eigenvalue weighted by atomic mass is 19.1. The number of hydrogen-bond donors (Lipinski definition) is 1. The summed E-state index contributed by atoms with van der Waals surface area (Å²) < 4.78 is 13.0. The monoisotopic (exact) mass is 468 g/mol. The van der Waals surface area contributed by atoms with Crippen LogP contribution in [0, 0.1) is 5.82 Å². The molecule has 4 nitrogen and oxygen atoms in total. The van der Waals surface area contributed by atoms with Crippen molar-refractivity contribution in [1.29, 1.82) is 0 Å². The van der Waals surface area contributed by atoms with E-state index in [1.54, 1.807) is 12.1 Å². The van der Waals surface area contributed by atoms with Gasteiger partial charge in [0.25, 0.3) is 0 Å². The average Bonchev–Trinajstić information content (AvgIpc) is 2.86. The molecule has 0 bridgehead atoms. The Morgan fingerprint density at radius 3 is 2.26 bits per heavy atom. The summed E-state index contributed by atoms with van der Waals surface area (Å²) in [5.41, 5.74) is 2.02. The van der Waals surface area contributed by atoms with Gasteiger partial charge in [-0.3, -0.25) is 4.79 Å². The van der Waals surface area contributed by atoms with Crippen LogP contribution in [0.15, 0.2) is 48.5 Å². The highest BCUT2D eigenvalue weighted by Gasteiger charge is 2.34. The third kappa shape index (κ3) is 7.38. The molecule has 0 radical (unpaired) electrons. The molecule has 1 heterocycles. The molecule has 0 saturated carbocycles. The molecular weight excluding hydrogens is 427 g/mol. The van der Waals surface area contributed by atoms with Gasteiger partial charge in [0.2, 0.25) is 0 Å². The maximum absolute atomic E-state index is 13.0. The lowest BCUT2D eigenvalue weighted by Crippen LogP contribution is -2.43. The van der Waals surface area contributed by atoms with Crippen LogP contribution in [-0.2, 0) is 5.60 Å². The van der Waals surface area contributed by atoms with Crippen molar-refractivity contribution >= 4 is 11.5 Å². The fourth-order valence-electron chi connectivity index (χ4n) is 4.74. The van der Waals surface area contributed by atoms with Crippen LogP contribution < -0.4 is 4.90 Å². The predicted molar refractivity (Wildman–Crippen MR) is 138 cm³/mol. The van der Waals surface area contributed by atoms with E-state index in [0.717, 1.165) is 44.7 Å². The van der Waals surface area contributed by atoms with E-state index >= 15 is 0 Å². The number of nitrogens with zero attached hydrogens (tertiary/aromatic N) is 2. The molecule has 2 aromatic rings. The highest BCUT2D eigenvalue weighted by molar-refractivity contribution is 5.95. The Balaban J connectivity index is 1.52. The second-order valence-corrected chi connectivity index (χ2v) is 9.65. The van der Waals surface area contributed by atoms with Crippen molar-refractivity contribution < 1.29 is 14.3 Å². The van der Waals surface area contributed by atoms with Crippen molar-refractivity contribution in [2.45, 2.75) is 70.8 Å². The van der Waals surface area contributed by atoms with Gasteiger partial charge in [-0.1, -0.05) is 38.8 Å². The molecular formula is C29H41FN2O2. The van der Waals surface area contributed by atoms with E-state index in [0.29, 0.717) is 24.8 Å². The van der Waals surface area contributed by atoms with Crippen LogP contribution in [0.3, 0.4) is 0 Å². The van der Waals surface area contributed by atoms with Gasteiger partial charge in [0.1, 0.15) is 5.82 Å². The lowest BCUT2D eigenvalue weighted by Gasteiger charge is -2.39. The molecule has 2 aromatic carbocycles. The molecule has 1 aliphatic heterocycles. The lowest BCUT2D eigenvalue weighted by molar-refractivity contribution is -0.0260. The Morgan fingerprint density at radius 2 is 1.65 bits per heavy atom. The Bertz CT molecular complexity index is 883. The van der Waals surface area contributed by atoms with Gasteiger partial charge in [-0.15, -0.1) is 0 Å². The van der Waals surface area contributed by atoms with Crippen molar-refractivity contribution in [3.63, 3.8) is 0 Å². The van der Waals surface area contributed by atoms with Crippen LogP contribution in [0.2, 0.25) is 0 Å². The minimum absolute atomic E-state index is 0.0565. The van der Waals surface area contributed by atoms with Crippen LogP contribution >= 0.6 is 0 Å². The zero-order valence-corrected chi connectivity index (χ0v) is 20.9. The van der Waals surface area contributed by atoms with Gasteiger partial charge in [-0.2, -0.15) is 0 Å². The van der Waals surface area contributed by atoms with E-state index in [1.807, 2.05) is 0 Å². The summed E-state index contributed by atoms with van der Waals surface area (Å²) >= 11 is 0. The summed E-state index contributed by atoms with van der Waals surface area (Å²) in [5.74, 6) is -0.265. The van der Waals surface area contributed by atoms with Gasteiger partial charge >= 0.3 is 0 Å². The lowest BCUT2D eigenvalue weighted by atomic mass is 9.84. The molecule has 0 unspecified atom stereocenters. The van der Waals surface area contributed by atoms with E-state index in [9.17, 15) is 14.3 Å². The molecule has 0 aromatic heterocycles. The van der Waals surface area contributed by atoms with E-state index in [-0.39, 0.29) is 11.6 Å². The number of Topliss-reactive ketones (excluding diaryl/α,β-unsaturated/α-hetero) is 1. The molecule has 0 amide bonds. The third-order valence-electron chi connectivity index (χ3n) is 7.04. The quantitative estimate of drug-likeness (QED) is 0.357. The number of likely N-dealkylation sites (tertiary alicyclic amines) is 1. The number of piperidine rings is 1. The van der Waals surface area contributed by atoms with Gasteiger partial charge in [0.15, 0.2) is 5.78 Å². The average molecular weight is 469 g/mol. The maximum Gasteiger partial charge on any atom is 0.162 e. The van der Waals surface area contributed by atoms with Crippen molar-refractivity contribution in [2.75, 3.05) is 37.6 Å². The van der Waals surface area contributed by atoms with E-state index in [2.05, 4.69) is 47.9 Å². The zero-order chi connectivity index (χ0) is 24.4. The summed E-state index contributed by atoms with van der Waals surface area (Å²) in [7, 11) is 0. The third-order valence-corrected chi connectivity index (χ3v) is 7.04. The van der Waals surface area contributed by atoms with Crippen LogP contribution in [0.25, 0.3) is 0 Å². The van der Waals surface area contributed by atoms with Crippen LogP contribution in [0.4, 0.5) is 10.1 Å². The molecule has 0 atom stereocenters. The molecule has 1 N–H and O–H groups in total. The van der Waals surface area contributed by atoms with E-state index < -0.39 is 5.60 Å². The summed E-state index contributed by atoms with van der Waals surface area (Å²) in [5, 5.41) is 11.5. The number of hydrogen-bond acceptors (Lipinski definition) is 4. The molecule has 1 aliphatic rings. The standard InChI is InChI=1S/C29H41FN2O2/c1-3-5-19-32(20-6-4-2)27-10-7-9-25(23-27)29(34)16-21-31(22-17-29)18-8-11-28(33)24-12-14-26(30)15-13-24/h7,9-10,12-15,23,34H,3-6,8,11,16-22H2,1-2H3. The maximum atomic E-state index is 13.0. The fourth-order valence-corrected chi connectivity index (χ4v) is 4.74. The fraction of sp³-hybridized carbons (Fsp3) is 0.552. The first-order chi connectivity index (χ1) is 16.4. The molecule has 3 rings (SSSR count). The van der Waals surface area contributed by atoms with E-state index in [4.69, 9.17) is 0 Å². The number of benzene rings is 2. The number of carbonyl (C=O) groups excluding carboxylic acids is 1. The Hall–Kier alpha value is -2.24. The molecule has 0 aliphatic carbocycles. The van der Waals surface area contributed by atoms with Gasteiger partial charge in [-0.25, -0.2) is 4.39 Å². The SMILES string of the molecule is CCCCN(CCCC)c1cccc(C2(O)CCN(CCCC(=O)c3ccc(F)cc3)CC2)c1. The summed E-state index contributed by atoms with van der Waals surface area (Å²) in [6, 6.07) is 14.3. The Kier molecular flexibility index (Phi) is 10.1. The van der Waals surface area contributed by atoms with Gasteiger partial charge in [0.05, 0.1) is 5.60 Å². The molecule has 1 saturated heterocycles. The van der Waals surface area contributed by atoms with Crippen molar-refractivity contribution in [3.8, 4) is 0 Å². The largest absolute Gasteiger partial charge is 0.385 e. The summed E-state index contributed by atoms with van der Waals surface area (Å²) in [6.45, 7) is 9.05. The van der Waals surface area contributed by atoms with Crippen molar-refractivity contribution in [2.24, 2.45) is 0 Å². The Morgan fingerprint density at radius 1 is 1.00 bits per heavy atom. The minimum Gasteiger partial charge on any atom is -0.385 e. The smallest absolute Gasteiger partial charge is 0.162 e. The number of rotatable bonds is 13. The van der Waals surface area contributed by atoms with Crippen molar-refractivity contribution in [1.82, 2.24) is 4.90 Å². The molecule has 1 fully saturated rings. The molecule has 0 spiro atoms. The highest BCUT2D eigenvalue weighted by Crippen LogP contribution is 2.35. The van der Waals surface area contributed by atoms with Crippen LogP contribution in [-0.4, -0.2) is 48.5 Å². The van der Waals surface area contributed by atoms with Gasteiger partial charge in [-0.05, 0) is 80.6 Å². The van der Waals surface area contributed by atoms with Gasteiger partial charge < -0.3 is 14.9 Å². The van der Waals surface area contributed by atoms with Gasteiger partial charge in [0, 0.05) is 43.9 Å². The number of ketones is 1. The zero-order valence-electron chi connectivity index (χ0n) is 20.9. The normalized spacial score (nSPS) is 15.9. The van der Waals surface area contributed by atoms with Crippen LogP contribution in [0.5, 0.6) is 0 Å². The van der Waals surface area contributed by atoms with Crippen LogP contribution in [0.1, 0.15) is 81.1 Å². The number of halogens is 1. The van der Waals surface area contributed by atoms with Crippen molar-refractivity contribution in [3.05, 3.63) is 65.5 Å². The first-order valence-corrected chi connectivity index (χ1v) is 13.0.